The third kappa shape index (κ3) is 5.70. The van der Waals surface area contributed by atoms with Crippen LogP contribution in [-0.2, 0) is 14.3 Å². The number of benzene rings is 2. The van der Waals surface area contributed by atoms with Gasteiger partial charge >= 0.3 is 5.97 Å². The molecule has 6 rings (SSSR count). The van der Waals surface area contributed by atoms with E-state index in [0.29, 0.717) is 33.4 Å². The van der Waals surface area contributed by atoms with E-state index in [4.69, 9.17) is 26.3 Å². The second-order valence-electron chi connectivity index (χ2n) is 11.2. The van der Waals surface area contributed by atoms with E-state index in [0.717, 1.165) is 33.9 Å². The summed E-state index contributed by atoms with van der Waals surface area (Å²) in [5.74, 6) is -1.33. The highest BCUT2D eigenvalue weighted by Crippen LogP contribution is 2.45. The lowest BCUT2D eigenvalue weighted by Gasteiger charge is -2.33. The summed E-state index contributed by atoms with van der Waals surface area (Å²) in [7, 11) is 0. The molecule has 46 heavy (non-hydrogen) atoms. The molecule has 10 heteroatoms. The minimum atomic E-state index is -0.857. The zero-order valence-electron chi connectivity index (χ0n) is 26.2. The lowest BCUT2D eigenvalue weighted by Crippen LogP contribution is -2.38. The van der Waals surface area contributed by atoms with Crippen molar-refractivity contribution in [2.45, 2.75) is 40.5 Å². The van der Waals surface area contributed by atoms with Crippen LogP contribution in [0.2, 0.25) is 5.02 Å². The number of amides is 1. The number of carbonyl (C=O) groups is 2. The molecule has 0 bridgehead atoms. The van der Waals surface area contributed by atoms with Crippen LogP contribution in [0.25, 0.3) is 22.4 Å². The number of fused-ring (bicyclic) bond motifs is 1. The summed E-state index contributed by atoms with van der Waals surface area (Å²) in [5, 5.41) is 3.32. The Morgan fingerprint density at radius 2 is 1.70 bits per heavy atom. The number of hydrogen-bond acceptors (Lipinski definition) is 7. The maximum atomic E-state index is 13.9. The monoisotopic (exact) mass is 632 g/mol. The van der Waals surface area contributed by atoms with Crippen LogP contribution in [0.15, 0.2) is 89.6 Å². The number of hydrogen-bond donors (Lipinski definition) is 1. The second kappa shape index (κ2) is 12.7. The second-order valence-corrected chi connectivity index (χ2v) is 11.6. The first kappa shape index (κ1) is 30.9. The topological polar surface area (TPSA) is 111 Å². The molecule has 1 aliphatic rings. The molecule has 4 heterocycles. The number of ether oxygens (including phenoxy) is 1. The molecule has 0 saturated carbocycles. The van der Waals surface area contributed by atoms with Gasteiger partial charge in [-0.15, -0.1) is 0 Å². The zero-order valence-corrected chi connectivity index (χ0v) is 27.0. The Morgan fingerprint density at radius 1 is 0.957 bits per heavy atom. The number of nitrogens with zero attached hydrogens (tertiary/aromatic N) is 5. The first-order valence-corrected chi connectivity index (χ1v) is 15.4. The van der Waals surface area contributed by atoms with E-state index >= 15 is 0 Å². The molecule has 0 radical (unpaired) electrons. The molecule has 2 unspecified atom stereocenters. The lowest BCUT2D eigenvalue weighted by molar-refractivity contribution is -0.138. The van der Waals surface area contributed by atoms with Crippen LogP contribution in [-0.4, -0.2) is 43.7 Å². The number of imidazole rings is 1. The number of aromatic nitrogens is 4. The van der Waals surface area contributed by atoms with Gasteiger partial charge in [-0.05, 0) is 76.6 Å². The predicted octanol–water partition coefficient (Wildman–Crippen LogP) is 7.18. The van der Waals surface area contributed by atoms with Crippen LogP contribution < -0.4 is 5.32 Å². The van der Waals surface area contributed by atoms with Crippen LogP contribution in [0.4, 0.5) is 5.82 Å². The highest BCUT2D eigenvalue weighted by molar-refractivity contribution is 6.31. The van der Waals surface area contributed by atoms with Crippen molar-refractivity contribution in [2.75, 3.05) is 11.9 Å². The van der Waals surface area contributed by atoms with Crippen molar-refractivity contribution in [1.29, 1.82) is 0 Å². The predicted molar refractivity (Wildman–Crippen MR) is 180 cm³/mol. The Morgan fingerprint density at radius 3 is 2.39 bits per heavy atom. The standard InChI is InChI=1S/C36H33ClN6O3/c1-6-46-36(45)32-31(26-11-7-8-12-27(26)37)30(35(44)42-29-13-9-10-18-38-29)21(3)40-34(32)24-14-16-25(17-15-24)43-23(5)41-33-22(4)39-20(2)19-28(33)43/h7-19,30-31H,6H2,1-5H3,(H,38,42,44). The molecular formula is C36H33ClN6O3. The van der Waals surface area contributed by atoms with Gasteiger partial charge in [0.2, 0.25) is 5.91 Å². The van der Waals surface area contributed by atoms with Gasteiger partial charge in [0.25, 0.3) is 0 Å². The minimum absolute atomic E-state index is 0.151. The van der Waals surface area contributed by atoms with Crippen molar-refractivity contribution in [2.24, 2.45) is 10.9 Å². The van der Waals surface area contributed by atoms with Gasteiger partial charge in [-0.3, -0.25) is 19.3 Å². The Labute approximate surface area is 272 Å². The molecule has 2 atom stereocenters. The molecule has 1 N–H and O–H groups in total. The van der Waals surface area contributed by atoms with Gasteiger partial charge in [-0.25, -0.2) is 14.8 Å². The fraction of sp³-hybridized carbons (Fsp3) is 0.222. The third-order valence-electron chi connectivity index (χ3n) is 8.08. The maximum absolute atomic E-state index is 13.9. The van der Waals surface area contributed by atoms with Crippen LogP contribution >= 0.6 is 11.6 Å². The molecule has 0 aliphatic carbocycles. The Bertz CT molecular complexity index is 2030. The average Bonchev–Trinajstić information content (AvgIpc) is 3.37. The number of halogens is 1. The van der Waals surface area contributed by atoms with E-state index in [2.05, 4.69) is 19.9 Å². The van der Waals surface area contributed by atoms with Crippen LogP contribution in [0.1, 0.15) is 48.1 Å². The molecule has 2 aromatic carbocycles. The Kier molecular flexibility index (Phi) is 8.51. The summed E-state index contributed by atoms with van der Waals surface area (Å²) < 4.78 is 7.69. The van der Waals surface area contributed by atoms with Gasteiger partial charge in [-0.1, -0.05) is 48.0 Å². The van der Waals surface area contributed by atoms with Gasteiger partial charge in [0.15, 0.2) is 0 Å². The number of pyridine rings is 2. The van der Waals surface area contributed by atoms with E-state index in [1.165, 1.54) is 0 Å². The minimum Gasteiger partial charge on any atom is -0.463 e. The normalized spacial score (nSPS) is 16.3. The Balaban J connectivity index is 1.50. The quantitative estimate of drug-likeness (QED) is 0.190. The van der Waals surface area contributed by atoms with E-state index in [1.54, 1.807) is 44.3 Å². The number of nitrogens with one attached hydrogen (secondary N) is 1. The zero-order chi connectivity index (χ0) is 32.5. The van der Waals surface area contributed by atoms with Crippen molar-refractivity contribution < 1.29 is 14.3 Å². The molecule has 232 valence electrons. The lowest BCUT2D eigenvalue weighted by atomic mass is 9.74. The van der Waals surface area contributed by atoms with Crippen molar-refractivity contribution in [3.63, 3.8) is 0 Å². The van der Waals surface area contributed by atoms with Crippen molar-refractivity contribution in [1.82, 2.24) is 19.5 Å². The molecule has 3 aromatic heterocycles. The fourth-order valence-corrected chi connectivity index (χ4v) is 6.40. The van der Waals surface area contributed by atoms with Crippen LogP contribution in [0.5, 0.6) is 0 Å². The summed E-state index contributed by atoms with van der Waals surface area (Å²) in [4.78, 5) is 46.3. The summed E-state index contributed by atoms with van der Waals surface area (Å²) in [6, 6.07) is 22.3. The smallest absolute Gasteiger partial charge is 0.336 e. The largest absolute Gasteiger partial charge is 0.463 e. The molecule has 0 spiro atoms. The van der Waals surface area contributed by atoms with Crippen molar-refractivity contribution in [3.8, 4) is 5.69 Å². The molecule has 1 aliphatic heterocycles. The van der Waals surface area contributed by atoms with E-state index in [1.807, 2.05) is 69.3 Å². The third-order valence-corrected chi connectivity index (χ3v) is 8.43. The number of rotatable bonds is 7. The summed E-state index contributed by atoms with van der Waals surface area (Å²) in [6.45, 7) is 9.58. The van der Waals surface area contributed by atoms with Crippen molar-refractivity contribution in [3.05, 3.63) is 118 Å². The first-order valence-electron chi connectivity index (χ1n) is 15.0. The Hall–Kier alpha value is -5.15. The SMILES string of the molecule is CCOC(=O)C1=C(c2ccc(-n3c(C)nc4c(C)nc(C)cc43)cc2)N=C(C)C(C(=O)Nc2ccccn2)C1c1ccccc1Cl. The van der Waals surface area contributed by atoms with Crippen LogP contribution in [0, 0.1) is 26.7 Å². The number of aryl methyl sites for hydroxylation is 3. The summed E-state index contributed by atoms with van der Waals surface area (Å²) in [6.07, 6.45) is 1.60. The molecule has 1 amide bonds. The molecule has 9 nitrogen and oxygen atoms in total. The maximum Gasteiger partial charge on any atom is 0.336 e. The molecule has 0 saturated heterocycles. The van der Waals surface area contributed by atoms with Crippen molar-refractivity contribution >= 4 is 51.7 Å². The number of carbonyl (C=O) groups excluding carboxylic acids is 2. The number of aliphatic imine (C=N–C) groups is 1. The van der Waals surface area contributed by atoms with Gasteiger partial charge < -0.3 is 10.1 Å². The van der Waals surface area contributed by atoms with Gasteiger partial charge in [-0.2, -0.15) is 0 Å². The van der Waals surface area contributed by atoms with Crippen LogP contribution in [0.3, 0.4) is 0 Å². The molecule has 0 fully saturated rings. The average molecular weight is 633 g/mol. The molecular weight excluding hydrogens is 600 g/mol. The van der Waals surface area contributed by atoms with Gasteiger partial charge in [0.1, 0.15) is 17.2 Å². The van der Waals surface area contributed by atoms with Gasteiger partial charge in [0, 0.05) is 39.8 Å². The highest BCUT2D eigenvalue weighted by Gasteiger charge is 2.43. The number of anilines is 1. The number of esters is 1. The van der Waals surface area contributed by atoms with Gasteiger partial charge in [0.05, 0.1) is 35.0 Å². The summed E-state index contributed by atoms with van der Waals surface area (Å²) in [5.41, 5.74) is 7.04. The summed E-state index contributed by atoms with van der Waals surface area (Å²) >= 11 is 6.77. The van der Waals surface area contributed by atoms with E-state index in [-0.39, 0.29) is 18.1 Å². The van der Waals surface area contributed by atoms with E-state index in [9.17, 15) is 9.59 Å². The first-order chi connectivity index (χ1) is 22.2. The van der Waals surface area contributed by atoms with E-state index < -0.39 is 17.8 Å². The highest BCUT2D eigenvalue weighted by atomic mass is 35.5. The fourth-order valence-electron chi connectivity index (χ4n) is 6.15. The molecule has 5 aromatic rings.